The van der Waals surface area contributed by atoms with E-state index in [0.717, 1.165) is 42.5 Å². The Morgan fingerprint density at radius 1 is 1.13 bits per heavy atom. The smallest absolute Gasteiger partial charge is 0.226 e. The largest absolute Gasteiger partial charge is 0.390 e. The molecular formula is C23H23Cl2FN2O2. The molecule has 30 heavy (non-hydrogen) atoms. The Kier molecular flexibility index (Phi) is 6.59. The van der Waals surface area contributed by atoms with Gasteiger partial charge in [-0.2, -0.15) is 0 Å². The van der Waals surface area contributed by atoms with Crippen molar-refractivity contribution < 1.29 is 14.0 Å². The topological polar surface area (TPSA) is 41.9 Å². The molecule has 7 heteroatoms. The zero-order valence-electron chi connectivity index (χ0n) is 16.5. The lowest BCUT2D eigenvalue weighted by Gasteiger charge is -2.27. The van der Waals surface area contributed by atoms with Crippen molar-refractivity contribution in [2.45, 2.75) is 44.8 Å². The van der Waals surface area contributed by atoms with Gasteiger partial charge >= 0.3 is 0 Å². The summed E-state index contributed by atoms with van der Waals surface area (Å²) in [4.78, 5) is 20.6. The molecule has 0 N–H and O–H groups in total. The minimum absolute atomic E-state index is 0.0374. The minimum Gasteiger partial charge on any atom is -0.390 e. The molecule has 158 valence electrons. The first-order valence-corrected chi connectivity index (χ1v) is 11.0. The predicted molar refractivity (Wildman–Crippen MR) is 116 cm³/mol. The Hall–Kier alpha value is -2.11. The van der Waals surface area contributed by atoms with Gasteiger partial charge in [0.1, 0.15) is 5.82 Å². The number of rotatable bonds is 6. The summed E-state index contributed by atoms with van der Waals surface area (Å²) in [5.74, 6) is -0.151. The first-order chi connectivity index (χ1) is 14.5. The number of amides is 1. The van der Waals surface area contributed by atoms with Gasteiger partial charge in [-0.15, -0.1) is 0 Å². The summed E-state index contributed by atoms with van der Waals surface area (Å²) < 4.78 is 13.7. The average molecular weight is 449 g/mol. The molecule has 1 fully saturated rings. The molecule has 0 bridgehead atoms. The van der Waals surface area contributed by atoms with Crippen LogP contribution in [-0.4, -0.2) is 29.2 Å². The average Bonchev–Trinajstić information content (AvgIpc) is 3.41. The van der Waals surface area contributed by atoms with Crippen molar-refractivity contribution in [1.29, 1.82) is 0 Å². The highest BCUT2D eigenvalue weighted by atomic mass is 35.5. The van der Waals surface area contributed by atoms with Crippen LogP contribution >= 0.6 is 23.2 Å². The van der Waals surface area contributed by atoms with Crippen molar-refractivity contribution in [3.8, 4) is 0 Å². The van der Waals surface area contributed by atoms with Crippen LogP contribution in [0, 0.1) is 11.7 Å². The maximum Gasteiger partial charge on any atom is 0.226 e. The van der Waals surface area contributed by atoms with Crippen molar-refractivity contribution >= 4 is 34.8 Å². The molecule has 2 aliphatic rings. The number of nitrogens with zero attached hydrogens (tertiary/aromatic N) is 2. The minimum atomic E-state index is -0.303. The van der Waals surface area contributed by atoms with Gasteiger partial charge in [0.05, 0.1) is 22.3 Å². The highest BCUT2D eigenvalue weighted by Crippen LogP contribution is 2.29. The van der Waals surface area contributed by atoms with Crippen LogP contribution in [0.15, 0.2) is 47.6 Å². The number of oxime groups is 1. The van der Waals surface area contributed by atoms with E-state index in [1.807, 2.05) is 12.1 Å². The molecule has 1 aliphatic heterocycles. The highest BCUT2D eigenvalue weighted by molar-refractivity contribution is 6.42. The summed E-state index contributed by atoms with van der Waals surface area (Å²) in [6.07, 6.45) is 4.29. The molecule has 1 saturated carbocycles. The third-order valence-corrected chi connectivity index (χ3v) is 6.43. The summed E-state index contributed by atoms with van der Waals surface area (Å²) in [5.41, 5.74) is 2.40. The Labute approximate surface area is 185 Å². The fraction of sp³-hybridized carbons (Fsp3) is 0.391. The van der Waals surface area contributed by atoms with Crippen molar-refractivity contribution in [1.82, 2.24) is 4.90 Å². The molecule has 2 aromatic rings. The summed E-state index contributed by atoms with van der Waals surface area (Å²) in [7, 11) is 0. The lowest BCUT2D eigenvalue weighted by Crippen LogP contribution is -2.40. The first-order valence-electron chi connectivity index (χ1n) is 10.2. The third kappa shape index (κ3) is 4.96. The van der Waals surface area contributed by atoms with Crippen LogP contribution in [0.25, 0.3) is 0 Å². The third-order valence-electron chi connectivity index (χ3n) is 5.69. The Morgan fingerprint density at radius 3 is 2.67 bits per heavy atom. The molecule has 1 atom stereocenters. The standard InChI is InChI=1S/C23H23Cl2FN2O2/c24-20-9-8-17(11-21(20)25)22-12-19(30-27-22)14-28(23(29)16-5-1-2-6-16)13-15-4-3-7-18(26)10-15/h3-4,7-11,16,19H,1-2,5-6,12-14H2. The molecule has 0 radical (unpaired) electrons. The Balaban J connectivity index is 1.46. The second-order valence-corrected chi connectivity index (χ2v) is 8.74. The van der Waals surface area contributed by atoms with Gasteiger partial charge in [-0.1, -0.05) is 59.4 Å². The van der Waals surface area contributed by atoms with E-state index >= 15 is 0 Å². The second kappa shape index (κ2) is 9.36. The van der Waals surface area contributed by atoms with Crippen molar-refractivity contribution in [3.63, 3.8) is 0 Å². The maximum absolute atomic E-state index is 13.7. The summed E-state index contributed by atoms with van der Waals surface area (Å²) in [6, 6.07) is 11.7. The quantitative estimate of drug-likeness (QED) is 0.556. The number of carbonyl (C=O) groups is 1. The molecule has 0 spiro atoms. The molecule has 4 rings (SSSR count). The van der Waals surface area contributed by atoms with Gasteiger partial charge in [0.2, 0.25) is 5.91 Å². The lowest BCUT2D eigenvalue weighted by atomic mass is 10.0. The van der Waals surface area contributed by atoms with Crippen LogP contribution in [0.2, 0.25) is 10.0 Å². The van der Waals surface area contributed by atoms with Gasteiger partial charge in [0.25, 0.3) is 0 Å². The number of benzene rings is 2. The van der Waals surface area contributed by atoms with Crippen LogP contribution < -0.4 is 0 Å². The number of halogens is 3. The summed E-state index contributed by atoms with van der Waals surface area (Å²) in [6.45, 7) is 0.759. The zero-order valence-corrected chi connectivity index (χ0v) is 18.0. The van der Waals surface area contributed by atoms with Gasteiger partial charge in [-0.05, 0) is 42.7 Å². The van der Waals surface area contributed by atoms with E-state index in [1.54, 1.807) is 23.1 Å². The molecule has 1 unspecified atom stereocenters. The van der Waals surface area contributed by atoms with Gasteiger partial charge in [0.15, 0.2) is 6.10 Å². The number of hydrogen-bond donors (Lipinski definition) is 0. The molecule has 0 saturated heterocycles. The van der Waals surface area contributed by atoms with Gasteiger partial charge in [0, 0.05) is 24.4 Å². The van der Waals surface area contributed by atoms with E-state index in [9.17, 15) is 9.18 Å². The first kappa shape index (κ1) is 21.1. The Bertz CT molecular complexity index is 960. The van der Waals surface area contributed by atoms with Crippen LogP contribution in [0.3, 0.4) is 0 Å². The maximum atomic E-state index is 13.7. The van der Waals surface area contributed by atoms with E-state index < -0.39 is 0 Å². The van der Waals surface area contributed by atoms with Crippen LogP contribution in [0.1, 0.15) is 43.2 Å². The number of hydrogen-bond acceptors (Lipinski definition) is 3. The molecule has 1 amide bonds. The molecule has 1 heterocycles. The fourth-order valence-corrected chi connectivity index (χ4v) is 4.44. The normalized spacial score (nSPS) is 18.9. The molecule has 0 aromatic heterocycles. The van der Waals surface area contributed by atoms with E-state index in [-0.39, 0.29) is 23.7 Å². The predicted octanol–water partition coefficient (Wildman–Crippen LogP) is 5.84. The van der Waals surface area contributed by atoms with Crippen LogP contribution in [-0.2, 0) is 16.2 Å². The van der Waals surface area contributed by atoms with Crippen LogP contribution in [0.4, 0.5) is 4.39 Å². The second-order valence-electron chi connectivity index (χ2n) is 7.93. The lowest BCUT2D eigenvalue weighted by molar-refractivity contribution is -0.137. The van der Waals surface area contributed by atoms with Gasteiger partial charge < -0.3 is 9.74 Å². The monoisotopic (exact) mass is 448 g/mol. The van der Waals surface area contributed by atoms with Crippen molar-refractivity contribution in [3.05, 3.63) is 69.5 Å². The fourth-order valence-electron chi connectivity index (χ4n) is 4.14. The van der Waals surface area contributed by atoms with Crippen molar-refractivity contribution in [2.75, 3.05) is 6.54 Å². The summed E-state index contributed by atoms with van der Waals surface area (Å²) >= 11 is 12.1. The van der Waals surface area contributed by atoms with Gasteiger partial charge in [-0.25, -0.2) is 4.39 Å². The van der Waals surface area contributed by atoms with Crippen LogP contribution in [0.5, 0.6) is 0 Å². The van der Waals surface area contributed by atoms with Gasteiger partial charge in [-0.3, -0.25) is 4.79 Å². The zero-order chi connectivity index (χ0) is 21.1. The van der Waals surface area contributed by atoms with E-state index in [0.29, 0.717) is 29.6 Å². The molecular weight excluding hydrogens is 426 g/mol. The molecule has 2 aromatic carbocycles. The Morgan fingerprint density at radius 2 is 1.93 bits per heavy atom. The summed E-state index contributed by atoms with van der Waals surface area (Å²) in [5, 5.41) is 5.15. The van der Waals surface area contributed by atoms with Crippen molar-refractivity contribution in [2.24, 2.45) is 11.1 Å². The van der Waals surface area contributed by atoms with E-state index in [1.165, 1.54) is 12.1 Å². The van der Waals surface area contributed by atoms with E-state index in [4.69, 9.17) is 28.0 Å². The highest BCUT2D eigenvalue weighted by Gasteiger charge is 2.31. The SMILES string of the molecule is O=C(C1CCCC1)N(Cc1cccc(F)c1)CC1CC(c2ccc(Cl)c(Cl)c2)=NO1. The molecule has 1 aliphatic carbocycles. The number of carbonyl (C=O) groups excluding carboxylic acids is 1. The molecule has 4 nitrogen and oxygen atoms in total. The van der Waals surface area contributed by atoms with E-state index in [2.05, 4.69) is 5.16 Å².